The van der Waals surface area contributed by atoms with Gasteiger partial charge < -0.3 is 10.2 Å². The summed E-state index contributed by atoms with van der Waals surface area (Å²) in [6.07, 6.45) is 3.84. The van der Waals surface area contributed by atoms with E-state index in [0.29, 0.717) is 0 Å². The Morgan fingerprint density at radius 2 is 1.65 bits per heavy atom. The summed E-state index contributed by atoms with van der Waals surface area (Å²) >= 11 is 0. The lowest BCUT2D eigenvalue weighted by atomic mass is 9.77. The molecule has 3 heteroatoms. The van der Waals surface area contributed by atoms with E-state index in [4.69, 9.17) is 0 Å². The second kappa shape index (κ2) is 6.72. The predicted octanol–water partition coefficient (Wildman–Crippen LogP) is 2.63. The fourth-order valence-electron chi connectivity index (χ4n) is 2.05. The molecular weight excluding hydrogens is 219 g/mol. The molecule has 0 unspecified atom stereocenters. The zero-order valence-corrected chi connectivity index (χ0v) is 10.3. The first kappa shape index (κ1) is 14.1. The third-order valence-corrected chi connectivity index (χ3v) is 3.32. The van der Waals surface area contributed by atoms with Crippen LogP contribution in [0.15, 0.2) is 24.3 Å². The third kappa shape index (κ3) is 3.51. The van der Waals surface area contributed by atoms with Gasteiger partial charge in [0, 0.05) is 5.41 Å². The van der Waals surface area contributed by atoms with Gasteiger partial charge in [0.15, 0.2) is 0 Å². The van der Waals surface area contributed by atoms with Gasteiger partial charge in [-0.2, -0.15) is 0 Å². The largest absolute Gasteiger partial charge is 0.395 e. The number of benzene rings is 1. The molecule has 0 radical (unpaired) electrons. The maximum atomic E-state index is 12.9. The van der Waals surface area contributed by atoms with Crippen molar-refractivity contribution in [3.05, 3.63) is 35.6 Å². The van der Waals surface area contributed by atoms with Crippen LogP contribution in [-0.2, 0) is 5.41 Å². The number of hydrogen-bond acceptors (Lipinski definition) is 2. The first-order valence-corrected chi connectivity index (χ1v) is 6.16. The van der Waals surface area contributed by atoms with Crippen molar-refractivity contribution in [3.63, 3.8) is 0 Å². The summed E-state index contributed by atoms with van der Waals surface area (Å²) in [4.78, 5) is 0. The van der Waals surface area contributed by atoms with Crippen LogP contribution < -0.4 is 0 Å². The van der Waals surface area contributed by atoms with E-state index in [0.717, 1.165) is 31.2 Å². The van der Waals surface area contributed by atoms with Gasteiger partial charge in [0.25, 0.3) is 0 Å². The summed E-state index contributed by atoms with van der Waals surface area (Å²) in [5.74, 6) is -0.299. The van der Waals surface area contributed by atoms with E-state index in [9.17, 15) is 14.6 Å². The molecule has 1 aromatic carbocycles. The van der Waals surface area contributed by atoms with Crippen LogP contribution in [-0.4, -0.2) is 23.4 Å². The zero-order chi connectivity index (χ0) is 12.7. The molecule has 2 N–H and O–H groups in total. The first-order chi connectivity index (χ1) is 8.18. The number of unbranched alkanes of at least 4 members (excludes halogenated alkanes) is 2. The maximum Gasteiger partial charge on any atom is 0.123 e. The summed E-state index contributed by atoms with van der Waals surface area (Å²) < 4.78 is 12.9. The average Bonchev–Trinajstić information content (AvgIpc) is 2.37. The fraction of sp³-hybridized carbons (Fsp3) is 0.571. The summed E-state index contributed by atoms with van der Waals surface area (Å²) in [6.45, 7) is 1.88. The Balaban J connectivity index is 2.85. The Hall–Kier alpha value is -0.930. The van der Waals surface area contributed by atoms with Gasteiger partial charge in [-0.25, -0.2) is 4.39 Å². The molecule has 0 aliphatic rings. The molecule has 0 atom stereocenters. The molecular formula is C14H21FO2. The molecule has 0 aliphatic heterocycles. The third-order valence-electron chi connectivity index (χ3n) is 3.32. The number of rotatable bonds is 7. The smallest absolute Gasteiger partial charge is 0.123 e. The SMILES string of the molecule is CCCCCC(CO)(CO)c1ccc(F)cc1. The summed E-state index contributed by atoms with van der Waals surface area (Å²) in [6, 6.07) is 6.03. The topological polar surface area (TPSA) is 40.5 Å². The molecule has 0 amide bonds. The molecule has 0 aromatic heterocycles. The standard InChI is InChI=1S/C14H21FO2/c1-2-3-4-9-14(10-16,11-17)12-5-7-13(15)8-6-12/h5-8,16-17H,2-4,9-11H2,1H3. The van der Waals surface area contributed by atoms with Gasteiger partial charge in [-0.1, -0.05) is 38.3 Å². The molecule has 0 heterocycles. The molecule has 0 spiro atoms. The van der Waals surface area contributed by atoms with Gasteiger partial charge >= 0.3 is 0 Å². The lowest BCUT2D eigenvalue weighted by Crippen LogP contribution is -2.34. The van der Waals surface area contributed by atoms with Crippen molar-refractivity contribution in [2.24, 2.45) is 0 Å². The van der Waals surface area contributed by atoms with Gasteiger partial charge in [-0.15, -0.1) is 0 Å². The van der Waals surface area contributed by atoms with Crippen LogP contribution in [0, 0.1) is 5.82 Å². The Kier molecular flexibility index (Phi) is 5.59. The highest BCUT2D eigenvalue weighted by Gasteiger charge is 2.30. The fourth-order valence-corrected chi connectivity index (χ4v) is 2.05. The molecule has 17 heavy (non-hydrogen) atoms. The van der Waals surface area contributed by atoms with Crippen molar-refractivity contribution in [3.8, 4) is 0 Å². The average molecular weight is 240 g/mol. The first-order valence-electron chi connectivity index (χ1n) is 6.16. The monoisotopic (exact) mass is 240 g/mol. The molecule has 0 bridgehead atoms. The van der Waals surface area contributed by atoms with Crippen LogP contribution in [0.2, 0.25) is 0 Å². The van der Waals surface area contributed by atoms with Crippen LogP contribution in [0.3, 0.4) is 0 Å². The predicted molar refractivity (Wildman–Crippen MR) is 66.4 cm³/mol. The number of hydrogen-bond donors (Lipinski definition) is 2. The van der Waals surface area contributed by atoms with Crippen molar-refractivity contribution in [1.82, 2.24) is 0 Å². The van der Waals surface area contributed by atoms with Crippen molar-refractivity contribution < 1.29 is 14.6 Å². The molecule has 0 saturated carbocycles. The van der Waals surface area contributed by atoms with Crippen molar-refractivity contribution in [2.45, 2.75) is 38.0 Å². The zero-order valence-electron chi connectivity index (χ0n) is 10.3. The van der Waals surface area contributed by atoms with E-state index in [1.54, 1.807) is 12.1 Å². The molecule has 2 nitrogen and oxygen atoms in total. The molecule has 0 saturated heterocycles. The number of halogens is 1. The van der Waals surface area contributed by atoms with Gasteiger partial charge in [0.2, 0.25) is 0 Å². The van der Waals surface area contributed by atoms with Crippen LogP contribution in [0.1, 0.15) is 38.2 Å². The quantitative estimate of drug-likeness (QED) is 0.719. The van der Waals surface area contributed by atoms with E-state index in [1.165, 1.54) is 12.1 Å². The number of aliphatic hydroxyl groups is 2. The molecule has 1 aromatic rings. The van der Waals surface area contributed by atoms with Crippen molar-refractivity contribution in [2.75, 3.05) is 13.2 Å². The highest BCUT2D eigenvalue weighted by molar-refractivity contribution is 5.26. The van der Waals surface area contributed by atoms with Gasteiger partial charge in [0.05, 0.1) is 13.2 Å². The molecule has 0 fully saturated rings. The second-order valence-corrected chi connectivity index (χ2v) is 4.56. The highest BCUT2D eigenvalue weighted by atomic mass is 19.1. The van der Waals surface area contributed by atoms with E-state index in [2.05, 4.69) is 6.92 Å². The summed E-state index contributed by atoms with van der Waals surface area (Å²) in [5, 5.41) is 19.1. The number of aliphatic hydroxyl groups excluding tert-OH is 2. The molecule has 0 aliphatic carbocycles. The minimum atomic E-state index is -0.636. The summed E-state index contributed by atoms with van der Waals surface area (Å²) in [5.41, 5.74) is 0.170. The van der Waals surface area contributed by atoms with Crippen LogP contribution in [0.5, 0.6) is 0 Å². The van der Waals surface area contributed by atoms with Gasteiger partial charge in [0.1, 0.15) is 5.82 Å². The maximum absolute atomic E-state index is 12.9. The highest BCUT2D eigenvalue weighted by Crippen LogP contribution is 2.29. The van der Waals surface area contributed by atoms with E-state index in [1.807, 2.05) is 0 Å². The van der Waals surface area contributed by atoms with Gasteiger partial charge in [-0.05, 0) is 24.1 Å². The van der Waals surface area contributed by atoms with E-state index in [-0.39, 0.29) is 19.0 Å². The Morgan fingerprint density at radius 3 is 2.12 bits per heavy atom. The van der Waals surface area contributed by atoms with Gasteiger partial charge in [-0.3, -0.25) is 0 Å². The van der Waals surface area contributed by atoms with Crippen molar-refractivity contribution in [1.29, 1.82) is 0 Å². The normalized spacial score (nSPS) is 11.8. The van der Waals surface area contributed by atoms with E-state index < -0.39 is 5.41 Å². The van der Waals surface area contributed by atoms with Crippen LogP contribution in [0.25, 0.3) is 0 Å². The summed E-state index contributed by atoms with van der Waals surface area (Å²) in [7, 11) is 0. The van der Waals surface area contributed by atoms with E-state index >= 15 is 0 Å². The Morgan fingerprint density at radius 1 is 1.06 bits per heavy atom. The second-order valence-electron chi connectivity index (χ2n) is 4.56. The lowest BCUT2D eigenvalue weighted by Gasteiger charge is -2.30. The molecule has 1 rings (SSSR count). The van der Waals surface area contributed by atoms with Crippen LogP contribution in [0.4, 0.5) is 4.39 Å². The Labute approximate surface area is 102 Å². The minimum Gasteiger partial charge on any atom is -0.395 e. The Bertz CT molecular complexity index is 317. The minimum absolute atomic E-state index is 0.112. The molecule has 96 valence electrons. The van der Waals surface area contributed by atoms with Crippen molar-refractivity contribution >= 4 is 0 Å². The van der Waals surface area contributed by atoms with Crippen LogP contribution >= 0.6 is 0 Å². The lowest BCUT2D eigenvalue weighted by molar-refractivity contribution is 0.107.